The number of hydrogen-bond donors (Lipinski definition) is 0. The monoisotopic (exact) mass is 353 g/mol. The lowest BCUT2D eigenvalue weighted by Crippen LogP contribution is -2.23. The van der Waals surface area contributed by atoms with E-state index in [4.69, 9.17) is 46.4 Å². The minimum absolute atomic E-state index is 0.0831. The average molecular weight is 355 g/mol. The SMILES string of the molecule is O=c1c(Cl)c(Cl)c([N+](=O)[O-])nn1-c1ccc(Cl)cc1Cl. The van der Waals surface area contributed by atoms with Crippen molar-refractivity contribution in [3.05, 3.63) is 58.8 Å². The third kappa shape index (κ3) is 2.60. The van der Waals surface area contributed by atoms with Crippen LogP contribution >= 0.6 is 46.4 Å². The molecule has 0 bridgehead atoms. The van der Waals surface area contributed by atoms with Crippen molar-refractivity contribution >= 4 is 52.2 Å². The maximum absolute atomic E-state index is 12.0. The fourth-order valence-electron chi connectivity index (χ4n) is 1.40. The first kappa shape index (κ1) is 15.1. The number of benzene rings is 1. The first-order chi connectivity index (χ1) is 9.32. The van der Waals surface area contributed by atoms with Crippen molar-refractivity contribution in [1.29, 1.82) is 0 Å². The van der Waals surface area contributed by atoms with Crippen molar-refractivity contribution in [2.75, 3.05) is 0 Å². The molecule has 0 aliphatic heterocycles. The molecule has 1 heterocycles. The number of halogens is 4. The van der Waals surface area contributed by atoms with E-state index in [1.54, 1.807) is 0 Å². The molecule has 0 radical (unpaired) electrons. The zero-order valence-corrected chi connectivity index (χ0v) is 12.3. The van der Waals surface area contributed by atoms with Gasteiger partial charge in [-0.2, -0.15) is 0 Å². The van der Waals surface area contributed by atoms with Crippen molar-refractivity contribution in [3.8, 4) is 5.69 Å². The molecule has 1 aromatic carbocycles. The summed E-state index contributed by atoms with van der Waals surface area (Å²) < 4.78 is 0.699. The molecule has 0 atom stereocenters. The number of nitro groups is 1. The molecule has 2 aromatic rings. The average Bonchev–Trinajstić information content (AvgIpc) is 2.37. The molecule has 10 heteroatoms. The van der Waals surface area contributed by atoms with Crippen LogP contribution in [0.25, 0.3) is 5.69 Å². The van der Waals surface area contributed by atoms with Crippen LogP contribution in [0, 0.1) is 10.1 Å². The zero-order valence-electron chi connectivity index (χ0n) is 9.31. The van der Waals surface area contributed by atoms with Gasteiger partial charge in [0.15, 0.2) is 5.02 Å². The number of nitrogens with zero attached hydrogens (tertiary/aromatic N) is 3. The number of rotatable bonds is 2. The maximum Gasteiger partial charge on any atom is 0.409 e. The molecule has 0 aliphatic rings. The molecule has 0 amide bonds. The van der Waals surface area contributed by atoms with Crippen LogP contribution in [0.3, 0.4) is 0 Å². The van der Waals surface area contributed by atoms with Gasteiger partial charge in [0.05, 0.1) is 10.1 Å². The third-order valence-corrected chi connectivity index (χ3v) is 3.62. The molecule has 104 valence electrons. The van der Waals surface area contributed by atoms with Gasteiger partial charge in [0, 0.05) is 5.02 Å². The Morgan fingerprint density at radius 3 is 2.35 bits per heavy atom. The van der Waals surface area contributed by atoms with Crippen LogP contribution in [0.15, 0.2) is 23.0 Å². The molecule has 0 N–H and O–H groups in total. The van der Waals surface area contributed by atoms with Crippen LogP contribution in [-0.2, 0) is 0 Å². The summed E-state index contributed by atoms with van der Waals surface area (Å²) in [6, 6.07) is 4.19. The molecule has 0 saturated carbocycles. The second-order valence-corrected chi connectivity index (χ2v) is 5.12. The van der Waals surface area contributed by atoms with Gasteiger partial charge in [0.2, 0.25) is 0 Å². The normalized spacial score (nSPS) is 10.6. The van der Waals surface area contributed by atoms with Gasteiger partial charge in [0.1, 0.15) is 10.7 Å². The van der Waals surface area contributed by atoms with Crippen molar-refractivity contribution < 1.29 is 4.92 Å². The Balaban J connectivity index is 2.81. The summed E-state index contributed by atoms with van der Waals surface area (Å²) in [5.74, 6) is -0.748. The van der Waals surface area contributed by atoms with Crippen molar-refractivity contribution in [3.63, 3.8) is 0 Å². The van der Waals surface area contributed by atoms with Crippen LogP contribution in [-0.4, -0.2) is 14.7 Å². The predicted molar refractivity (Wildman–Crippen MR) is 76.5 cm³/mol. The van der Waals surface area contributed by atoms with E-state index in [1.165, 1.54) is 18.2 Å². The third-order valence-electron chi connectivity index (χ3n) is 2.27. The molecule has 0 saturated heterocycles. The molecule has 0 aliphatic carbocycles. The highest BCUT2D eigenvalue weighted by Gasteiger charge is 2.25. The lowest BCUT2D eigenvalue weighted by molar-refractivity contribution is -0.390. The van der Waals surface area contributed by atoms with Crippen LogP contribution in [0.1, 0.15) is 0 Å². The molecule has 0 spiro atoms. The number of hydrogen-bond acceptors (Lipinski definition) is 4. The molecular formula is C10H3Cl4N3O3. The van der Waals surface area contributed by atoms with Gasteiger partial charge in [-0.1, -0.05) is 51.1 Å². The summed E-state index contributed by atoms with van der Waals surface area (Å²) in [5.41, 5.74) is -0.728. The summed E-state index contributed by atoms with van der Waals surface area (Å²) >= 11 is 23.0. The Bertz CT molecular complexity index is 775. The Morgan fingerprint density at radius 1 is 1.15 bits per heavy atom. The van der Waals surface area contributed by atoms with E-state index < -0.39 is 26.3 Å². The summed E-state index contributed by atoms with van der Waals surface area (Å²) in [6.07, 6.45) is 0. The van der Waals surface area contributed by atoms with E-state index in [1.807, 2.05) is 0 Å². The van der Waals surface area contributed by atoms with E-state index in [0.29, 0.717) is 9.70 Å². The van der Waals surface area contributed by atoms with Gasteiger partial charge in [0.25, 0.3) is 0 Å². The second kappa shape index (κ2) is 5.57. The van der Waals surface area contributed by atoms with E-state index in [2.05, 4.69) is 5.10 Å². The molecule has 6 nitrogen and oxygen atoms in total. The van der Waals surface area contributed by atoms with Gasteiger partial charge >= 0.3 is 11.4 Å². The summed E-state index contributed by atoms with van der Waals surface area (Å²) in [6.45, 7) is 0. The largest absolute Gasteiger partial charge is 0.409 e. The quantitative estimate of drug-likeness (QED) is 0.607. The summed E-state index contributed by atoms with van der Waals surface area (Å²) in [5, 5.41) is 13.8. The fraction of sp³-hybridized carbons (Fsp3) is 0. The lowest BCUT2D eigenvalue weighted by Gasteiger charge is -2.05. The fourth-order valence-corrected chi connectivity index (χ4v) is 2.24. The minimum atomic E-state index is -0.853. The topological polar surface area (TPSA) is 78.0 Å². The molecule has 0 unspecified atom stereocenters. The van der Waals surface area contributed by atoms with Crippen LogP contribution in [0.4, 0.5) is 5.82 Å². The maximum atomic E-state index is 12.0. The first-order valence-electron chi connectivity index (χ1n) is 4.91. The highest BCUT2D eigenvalue weighted by Crippen LogP contribution is 2.29. The molecule has 20 heavy (non-hydrogen) atoms. The lowest BCUT2D eigenvalue weighted by atomic mass is 10.3. The predicted octanol–water partition coefficient (Wildman–Crippen LogP) is 3.75. The molecular weight excluding hydrogens is 352 g/mol. The van der Waals surface area contributed by atoms with Crippen LogP contribution < -0.4 is 5.56 Å². The molecule has 0 fully saturated rings. The smallest absolute Gasteiger partial charge is 0.358 e. The van der Waals surface area contributed by atoms with Crippen molar-refractivity contribution in [1.82, 2.24) is 9.78 Å². The van der Waals surface area contributed by atoms with Crippen molar-refractivity contribution in [2.45, 2.75) is 0 Å². The summed E-state index contributed by atoms with van der Waals surface area (Å²) in [4.78, 5) is 22.0. The Kier molecular flexibility index (Phi) is 4.19. The van der Waals surface area contributed by atoms with Gasteiger partial charge in [-0.25, -0.2) is 0 Å². The van der Waals surface area contributed by atoms with Gasteiger partial charge in [-0.05, 0) is 23.1 Å². The highest BCUT2D eigenvalue weighted by atomic mass is 35.5. The van der Waals surface area contributed by atoms with Crippen molar-refractivity contribution in [2.24, 2.45) is 0 Å². The second-order valence-electron chi connectivity index (χ2n) is 3.52. The van der Waals surface area contributed by atoms with Gasteiger partial charge in [-0.3, -0.25) is 4.79 Å². The van der Waals surface area contributed by atoms with E-state index >= 15 is 0 Å². The zero-order chi connectivity index (χ0) is 15.0. The Labute approximate surface area is 131 Å². The van der Waals surface area contributed by atoms with E-state index in [-0.39, 0.29) is 10.7 Å². The molecule has 1 aromatic heterocycles. The van der Waals surface area contributed by atoms with Crippen LogP contribution in [0.5, 0.6) is 0 Å². The standard InChI is InChI=1S/C10H3Cl4N3O3/c11-4-1-2-6(5(12)3-4)16-10(18)8(14)7(13)9(15-16)17(19)20/h1-3H. The Hall–Kier alpha value is -1.34. The highest BCUT2D eigenvalue weighted by molar-refractivity contribution is 6.43. The number of aromatic nitrogens is 2. The summed E-state index contributed by atoms with van der Waals surface area (Å²) in [7, 11) is 0. The van der Waals surface area contributed by atoms with E-state index in [0.717, 1.165) is 0 Å². The van der Waals surface area contributed by atoms with Gasteiger partial charge in [-0.15, -0.1) is 0 Å². The Morgan fingerprint density at radius 2 is 1.80 bits per heavy atom. The van der Waals surface area contributed by atoms with Crippen LogP contribution in [0.2, 0.25) is 20.1 Å². The minimum Gasteiger partial charge on any atom is -0.358 e. The molecule has 2 rings (SSSR count). The first-order valence-corrected chi connectivity index (χ1v) is 6.42. The van der Waals surface area contributed by atoms with Gasteiger partial charge < -0.3 is 10.1 Å². The van der Waals surface area contributed by atoms with E-state index in [9.17, 15) is 14.9 Å².